The molecule has 2 saturated heterocycles. The number of aliphatic carboxylic acids is 1. The van der Waals surface area contributed by atoms with Crippen molar-refractivity contribution < 1.29 is 18.3 Å². The van der Waals surface area contributed by atoms with Gasteiger partial charge in [0.1, 0.15) is 0 Å². The van der Waals surface area contributed by atoms with Crippen LogP contribution in [0.15, 0.2) is 0 Å². The lowest BCUT2D eigenvalue weighted by Crippen LogP contribution is -2.56. The first kappa shape index (κ1) is 16.1. The van der Waals surface area contributed by atoms with E-state index >= 15 is 0 Å². The molecule has 2 heterocycles. The molecule has 0 radical (unpaired) electrons. The van der Waals surface area contributed by atoms with Crippen LogP contribution in [-0.4, -0.2) is 66.0 Å². The predicted molar refractivity (Wildman–Crippen MR) is 80.9 cm³/mol. The highest BCUT2D eigenvalue weighted by molar-refractivity contribution is 7.99. The molecule has 0 saturated carbocycles. The zero-order valence-electron chi connectivity index (χ0n) is 12.0. The zero-order valence-corrected chi connectivity index (χ0v) is 13.7. The van der Waals surface area contributed by atoms with Crippen molar-refractivity contribution in [1.82, 2.24) is 4.90 Å². The molecule has 0 aromatic heterocycles. The summed E-state index contributed by atoms with van der Waals surface area (Å²) in [6.45, 7) is 4.92. The molecule has 116 valence electrons. The molecule has 2 atom stereocenters. The number of hydrogen-bond donors (Lipinski definition) is 1. The van der Waals surface area contributed by atoms with Gasteiger partial charge in [-0.1, -0.05) is 13.8 Å². The van der Waals surface area contributed by atoms with E-state index in [9.17, 15) is 13.2 Å². The van der Waals surface area contributed by atoms with E-state index in [0.717, 1.165) is 17.9 Å². The van der Waals surface area contributed by atoms with Crippen LogP contribution in [-0.2, 0) is 14.6 Å². The lowest BCUT2D eigenvalue weighted by molar-refractivity contribution is -0.138. The average Bonchev–Trinajstić information content (AvgIpc) is 2.25. The van der Waals surface area contributed by atoms with Crippen LogP contribution in [0, 0.1) is 5.41 Å². The Bertz CT molecular complexity index is 475. The topological polar surface area (TPSA) is 74.7 Å². The van der Waals surface area contributed by atoms with Gasteiger partial charge in [0.15, 0.2) is 9.84 Å². The van der Waals surface area contributed by atoms with E-state index < -0.39 is 15.8 Å². The molecule has 5 nitrogen and oxygen atoms in total. The Labute approximate surface area is 125 Å². The fraction of sp³-hybridized carbons (Fsp3) is 0.923. The summed E-state index contributed by atoms with van der Waals surface area (Å²) in [6.07, 6.45) is 0.928. The minimum absolute atomic E-state index is 0.0130. The number of carboxylic acids is 1. The second-order valence-electron chi connectivity index (χ2n) is 6.64. The summed E-state index contributed by atoms with van der Waals surface area (Å²) in [7, 11) is -3.09. The number of carboxylic acid groups (broad SMARTS) is 1. The van der Waals surface area contributed by atoms with Crippen LogP contribution in [0.25, 0.3) is 0 Å². The van der Waals surface area contributed by atoms with Gasteiger partial charge >= 0.3 is 5.97 Å². The van der Waals surface area contributed by atoms with Crippen molar-refractivity contribution in [3.8, 4) is 0 Å². The van der Waals surface area contributed by atoms with Crippen molar-refractivity contribution >= 4 is 27.6 Å². The van der Waals surface area contributed by atoms with Gasteiger partial charge in [0, 0.05) is 24.4 Å². The highest BCUT2D eigenvalue weighted by atomic mass is 32.2. The van der Waals surface area contributed by atoms with Gasteiger partial charge in [-0.25, -0.2) is 8.42 Å². The van der Waals surface area contributed by atoms with Crippen LogP contribution in [0.1, 0.15) is 26.7 Å². The molecule has 0 spiro atoms. The Morgan fingerprint density at radius 2 is 2.15 bits per heavy atom. The molecule has 2 aliphatic heterocycles. The van der Waals surface area contributed by atoms with E-state index in [-0.39, 0.29) is 29.4 Å². The molecule has 2 fully saturated rings. The molecule has 0 aromatic carbocycles. The molecule has 1 N–H and O–H groups in total. The molecule has 0 amide bonds. The number of hydrogen-bond acceptors (Lipinski definition) is 5. The van der Waals surface area contributed by atoms with Gasteiger partial charge < -0.3 is 5.11 Å². The number of carbonyl (C=O) groups is 1. The van der Waals surface area contributed by atoms with Gasteiger partial charge in [0.25, 0.3) is 0 Å². The fourth-order valence-corrected chi connectivity index (χ4v) is 6.12. The molecule has 20 heavy (non-hydrogen) atoms. The summed E-state index contributed by atoms with van der Waals surface area (Å²) in [4.78, 5) is 13.1. The summed E-state index contributed by atoms with van der Waals surface area (Å²) in [5, 5.41) is 9.03. The zero-order chi connectivity index (χ0) is 15.0. The second kappa shape index (κ2) is 5.85. The highest BCUT2D eigenvalue weighted by Crippen LogP contribution is 2.37. The number of thioether (sulfide) groups is 1. The quantitative estimate of drug-likeness (QED) is 0.839. The molecular weight excluding hydrogens is 298 g/mol. The monoisotopic (exact) mass is 321 g/mol. The standard InChI is InChI=1S/C13H23NO4S2/c1-13(2)6-11(7-19-9-13)14-3-4-20(17,18)8-10(14)5-12(15)16/h10-11H,3-9H2,1-2H3,(H,15,16). The maximum Gasteiger partial charge on any atom is 0.304 e. The third kappa shape index (κ3) is 4.11. The first-order valence-electron chi connectivity index (χ1n) is 6.94. The Kier molecular flexibility index (Phi) is 4.71. The number of sulfone groups is 1. The van der Waals surface area contributed by atoms with Crippen LogP contribution in [0.5, 0.6) is 0 Å². The molecule has 2 unspecified atom stereocenters. The van der Waals surface area contributed by atoms with Crippen molar-refractivity contribution in [2.75, 3.05) is 29.6 Å². The largest absolute Gasteiger partial charge is 0.481 e. The van der Waals surface area contributed by atoms with Crippen molar-refractivity contribution in [3.63, 3.8) is 0 Å². The van der Waals surface area contributed by atoms with Gasteiger partial charge in [0.05, 0.1) is 17.9 Å². The smallest absolute Gasteiger partial charge is 0.304 e. The molecule has 0 aliphatic carbocycles. The van der Waals surface area contributed by atoms with E-state index in [2.05, 4.69) is 18.7 Å². The molecule has 0 aromatic rings. The first-order valence-corrected chi connectivity index (χ1v) is 9.92. The van der Waals surface area contributed by atoms with E-state index in [1.54, 1.807) is 0 Å². The number of nitrogens with zero attached hydrogens (tertiary/aromatic N) is 1. The predicted octanol–water partition coefficient (Wildman–Crippen LogP) is 1.09. The second-order valence-corrected chi connectivity index (χ2v) is 9.90. The molecule has 2 aliphatic rings. The van der Waals surface area contributed by atoms with Crippen molar-refractivity contribution in [2.24, 2.45) is 5.41 Å². The Hall–Kier alpha value is -0.270. The number of rotatable bonds is 3. The highest BCUT2D eigenvalue weighted by Gasteiger charge is 2.39. The van der Waals surface area contributed by atoms with Crippen molar-refractivity contribution in [3.05, 3.63) is 0 Å². The summed E-state index contributed by atoms with van der Waals surface area (Å²) < 4.78 is 23.5. The molecule has 0 bridgehead atoms. The minimum Gasteiger partial charge on any atom is -0.481 e. The minimum atomic E-state index is -3.09. The SMILES string of the molecule is CC1(C)CSCC(N2CCS(=O)(=O)CC2CC(=O)O)C1. The first-order chi connectivity index (χ1) is 9.19. The summed E-state index contributed by atoms with van der Waals surface area (Å²) >= 11 is 1.89. The Morgan fingerprint density at radius 1 is 1.45 bits per heavy atom. The van der Waals surface area contributed by atoms with Gasteiger partial charge in [-0.05, 0) is 17.6 Å². The summed E-state index contributed by atoms with van der Waals surface area (Å²) in [6, 6.07) is -0.0747. The van der Waals surface area contributed by atoms with E-state index in [4.69, 9.17) is 5.11 Å². The van der Waals surface area contributed by atoms with E-state index in [0.29, 0.717) is 12.6 Å². The van der Waals surface area contributed by atoms with Crippen LogP contribution in [0.3, 0.4) is 0 Å². The van der Waals surface area contributed by atoms with Crippen LogP contribution in [0.4, 0.5) is 0 Å². The third-order valence-electron chi connectivity index (χ3n) is 4.05. The third-order valence-corrected chi connectivity index (χ3v) is 7.35. The molecule has 7 heteroatoms. The molecular formula is C13H23NO4S2. The van der Waals surface area contributed by atoms with Crippen LogP contribution >= 0.6 is 11.8 Å². The van der Waals surface area contributed by atoms with Crippen LogP contribution in [0.2, 0.25) is 0 Å². The average molecular weight is 321 g/mol. The van der Waals surface area contributed by atoms with Gasteiger partial charge in [-0.2, -0.15) is 11.8 Å². The molecule has 2 rings (SSSR count). The van der Waals surface area contributed by atoms with Gasteiger partial charge in [0.2, 0.25) is 0 Å². The summed E-state index contributed by atoms with van der Waals surface area (Å²) in [5.41, 5.74) is 0.234. The Balaban J connectivity index is 2.13. The van der Waals surface area contributed by atoms with E-state index in [1.807, 2.05) is 11.8 Å². The lowest BCUT2D eigenvalue weighted by Gasteiger charge is -2.45. The fourth-order valence-electron chi connectivity index (χ4n) is 3.20. The van der Waals surface area contributed by atoms with E-state index in [1.165, 1.54) is 0 Å². The maximum atomic E-state index is 11.8. The normalized spacial score (nSPS) is 33.7. The maximum absolute atomic E-state index is 11.8. The Morgan fingerprint density at radius 3 is 2.75 bits per heavy atom. The van der Waals surface area contributed by atoms with Crippen molar-refractivity contribution in [2.45, 2.75) is 38.8 Å². The van der Waals surface area contributed by atoms with Gasteiger partial charge in [-0.3, -0.25) is 9.69 Å². The van der Waals surface area contributed by atoms with Crippen molar-refractivity contribution in [1.29, 1.82) is 0 Å². The summed E-state index contributed by atoms with van der Waals surface area (Å²) in [5.74, 6) is 1.31. The van der Waals surface area contributed by atoms with Gasteiger partial charge in [-0.15, -0.1) is 0 Å². The van der Waals surface area contributed by atoms with Crippen LogP contribution < -0.4 is 0 Å². The lowest BCUT2D eigenvalue weighted by atomic mass is 9.86.